The first kappa shape index (κ1) is 8.67. The molecule has 4 heteroatoms. The highest BCUT2D eigenvalue weighted by Crippen LogP contribution is 2.33. The average molecular weight is 256 g/mol. The molecule has 0 unspecified atom stereocenters. The van der Waals surface area contributed by atoms with Crippen LogP contribution < -0.4 is 0 Å². The minimum atomic E-state index is -0.273. The predicted molar refractivity (Wildman–Crippen MR) is 54.2 cm³/mol. The van der Waals surface area contributed by atoms with Crippen molar-refractivity contribution in [1.29, 1.82) is 5.26 Å². The topological polar surface area (TPSA) is 23.8 Å². The van der Waals surface area contributed by atoms with Crippen LogP contribution in [0.1, 0.15) is 5.56 Å². The summed E-state index contributed by atoms with van der Waals surface area (Å²) in [6, 6.07) is 5.04. The summed E-state index contributed by atoms with van der Waals surface area (Å²) in [6.07, 6.45) is 0. The van der Waals surface area contributed by atoms with Crippen LogP contribution in [0.15, 0.2) is 22.0 Å². The summed E-state index contributed by atoms with van der Waals surface area (Å²) in [7, 11) is 0. The molecule has 0 aliphatic heterocycles. The minimum absolute atomic E-state index is 0.273. The third kappa shape index (κ3) is 1.25. The van der Waals surface area contributed by atoms with Crippen LogP contribution in [0.3, 0.4) is 0 Å². The molecule has 1 aromatic carbocycles. The highest BCUT2D eigenvalue weighted by atomic mass is 79.9. The van der Waals surface area contributed by atoms with Crippen LogP contribution in [0, 0.1) is 17.1 Å². The van der Waals surface area contributed by atoms with E-state index in [4.69, 9.17) is 5.26 Å². The van der Waals surface area contributed by atoms with Gasteiger partial charge in [0.2, 0.25) is 0 Å². The Morgan fingerprint density at radius 3 is 2.92 bits per heavy atom. The number of rotatable bonds is 0. The maximum absolute atomic E-state index is 13.2. The van der Waals surface area contributed by atoms with Crippen molar-refractivity contribution in [3.8, 4) is 6.07 Å². The summed E-state index contributed by atoms with van der Waals surface area (Å²) in [5.74, 6) is -0.273. The molecule has 0 N–H and O–H groups in total. The molecule has 0 bridgehead atoms. The Morgan fingerprint density at radius 1 is 1.46 bits per heavy atom. The number of hydrogen-bond donors (Lipinski definition) is 0. The molecule has 1 nitrogen and oxygen atoms in total. The molecule has 2 rings (SSSR count). The van der Waals surface area contributed by atoms with Gasteiger partial charge in [0.1, 0.15) is 11.9 Å². The number of nitrogens with zero attached hydrogens (tertiary/aromatic N) is 1. The van der Waals surface area contributed by atoms with E-state index in [1.54, 1.807) is 11.4 Å². The Kier molecular flexibility index (Phi) is 2.06. The normalized spacial score (nSPS) is 10.2. The average Bonchev–Trinajstić information content (AvgIpc) is 2.56. The first-order chi connectivity index (χ1) is 6.24. The van der Waals surface area contributed by atoms with Gasteiger partial charge in [-0.05, 0) is 12.1 Å². The van der Waals surface area contributed by atoms with Crippen LogP contribution in [-0.2, 0) is 0 Å². The van der Waals surface area contributed by atoms with Crippen molar-refractivity contribution < 1.29 is 4.39 Å². The van der Waals surface area contributed by atoms with E-state index in [0.717, 1.165) is 4.47 Å². The Balaban J connectivity index is 2.98. The maximum atomic E-state index is 13.2. The van der Waals surface area contributed by atoms with Gasteiger partial charge in [0.15, 0.2) is 0 Å². The van der Waals surface area contributed by atoms with Gasteiger partial charge in [0, 0.05) is 15.2 Å². The van der Waals surface area contributed by atoms with Crippen LogP contribution in [0.25, 0.3) is 10.1 Å². The number of benzene rings is 1. The van der Waals surface area contributed by atoms with Crippen molar-refractivity contribution in [3.05, 3.63) is 33.4 Å². The summed E-state index contributed by atoms with van der Waals surface area (Å²) >= 11 is 4.54. The van der Waals surface area contributed by atoms with E-state index in [1.807, 2.05) is 6.07 Å². The van der Waals surface area contributed by atoms with Crippen molar-refractivity contribution in [3.63, 3.8) is 0 Å². The molecule has 13 heavy (non-hydrogen) atoms. The quantitative estimate of drug-likeness (QED) is 0.705. The second-order valence-corrected chi connectivity index (χ2v) is 4.23. The second-order valence-electron chi connectivity index (χ2n) is 2.49. The van der Waals surface area contributed by atoms with Crippen molar-refractivity contribution in [1.82, 2.24) is 0 Å². The third-order valence-electron chi connectivity index (χ3n) is 1.74. The van der Waals surface area contributed by atoms with Gasteiger partial charge in [-0.25, -0.2) is 4.39 Å². The predicted octanol–water partition coefficient (Wildman–Crippen LogP) is 3.67. The first-order valence-electron chi connectivity index (χ1n) is 3.49. The summed E-state index contributed by atoms with van der Waals surface area (Å²) in [5, 5.41) is 11.1. The zero-order valence-electron chi connectivity index (χ0n) is 6.34. The van der Waals surface area contributed by atoms with Crippen molar-refractivity contribution >= 4 is 37.4 Å². The minimum Gasteiger partial charge on any atom is -0.205 e. The lowest BCUT2D eigenvalue weighted by Crippen LogP contribution is -1.76. The molecule has 0 amide bonds. The van der Waals surface area contributed by atoms with Crippen LogP contribution >= 0.6 is 27.3 Å². The lowest BCUT2D eigenvalue weighted by atomic mass is 10.2. The Morgan fingerprint density at radius 2 is 2.23 bits per heavy atom. The van der Waals surface area contributed by atoms with Gasteiger partial charge >= 0.3 is 0 Å². The highest BCUT2D eigenvalue weighted by Gasteiger charge is 2.10. The van der Waals surface area contributed by atoms with Gasteiger partial charge in [0.25, 0.3) is 0 Å². The zero-order chi connectivity index (χ0) is 9.42. The van der Waals surface area contributed by atoms with Crippen LogP contribution in [0.4, 0.5) is 4.39 Å². The zero-order valence-corrected chi connectivity index (χ0v) is 8.75. The van der Waals surface area contributed by atoms with Crippen molar-refractivity contribution in [2.45, 2.75) is 0 Å². The monoisotopic (exact) mass is 255 g/mol. The summed E-state index contributed by atoms with van der Waals surface area (Å²) in [4.78, 5) is 0. The summed E-state index contributed by atoms with van der Waals surface area (Å²) in [6.45, 7) is 0. The molecule has 1 aromatic heterocycles. The van der Waals surface area contributed by atoms with E-state index in [9.17, 15) is 4.39 Å². The number of halogens is 2. The Bertz CT molecular complexity index is 512. The molecular formula is C9H3BrFNS. The van der Waals surface area contributed by atoms with Crippen molar-refractivity contribution in [2.24, 2.45) is 0 Å². The molecule has 0 fully saturated rings. The maximum Gasteiger partial charge on any atom is 0.141 e. The van der Waals surface area contributed by atoms with Gasteiger partial charge < -0.3 is 0 Å². The largest absolute Gasteiger partial charge is 0.205 e. The molecule has 1 heterocycles. The second kappa shape index (κ2) is 3.09. The number of fused-ring (bicyclic) bond motifs is 1. The lowest BCUT2D eigenvalue weighted by Gasteiger charge is -1.95. The fourth-order valence-corrected chi connectivity index (χ4v) is 2.76. The molecule has 0 atom stereocenters. The van der Waals surface area contributed by atoms with E-state index in [-0.39, 0.29) is 5.82 Å². The molecule has 64 valence electrons. The van der Waals surface area contributed by atoms with Crippen LogP contribution in [-0.4, -0.2) is 0 Å². The van der Waals surface area contributed by atoms with E-state index in [0.29, 0.717) is 15.6 Å². The van der Waals surface area contributed by atoms with Crippen molar-refractivity contribution in [2.75, 3.05) is 0 Å². The van der Waals surface area contributed by atoms with Gasteiger partial charge in [-0.2, -0.15) is 5.26 Å². The molecule has 0 aliphatic rings. The number of nitriles is 1. The van der Waals surface area contributed by atoms with Crippen LogP contribution in [0.2, 0.25) is 0 Å². The van der Waals surface area contributed by atoms with Gasteiger partial charge in [-0.15, -0.1) is 11.3 Å². The Hall–Kier alpha value is -0.920. The first-order valence-corrected chi connectivity index (χ1v) is 5.16. The van der Waals surface area contributed by atoms with E-state index >= 15 is 0 Å². The van der Waals surface area contributed by atoms with Crippen LogP contribution in [0.5, 0.6) is 0 Å². The molecule has 0 aliphatic carbocycles. The third-order valence-corrected chi connectivity index (χ3v) is 3.39. The molecule has 0 saturated heterocycles. The number of thiophene rings is 1. The van der Waals surface area contributed by atoms with Gasteiger partial charge in [-0.3, -0.25) is 0 Å². The van der Waals surface area contributed by atoms with E-state index in [1.165, 1.54) is 17.4 Å². The Labute approximate surface area is 86.5 Å². The molecule has 0 saturated carbocycles. The molecule has 0 spiro atoms. The molecule has 2 aromatic rings. The number of hydrogen-bond acceptors (Lipinski definition) is 2. The molecular weight excluding hydrogens is 253 g/mol. The van der Waals surface area contributed by atoms with E-state index < -0.39 is 0 Å². The SMILES string of the molecule is N#Cc1csc2c(F)ccc(Br)c12. The molecule has 0 radical (unpaired) electrons. The fraction of sp³-hybridized carbons (Fsp3) is 0. The summed E-state index contributed by atoms with van der Waals surface area (Å²) in [5.41, 5.74) is 0.520. The lowest BCUT2D eigenvalue weighted by molar-refractivity contribution is 0.641. The van der Waals surface area contributed by atoms with Gasteiger partial charge in [-0.1, -0.05) is 15.9 Å². The standard InChI is InChI=1S/C9H3BrFNS/c10-6-1-2-7(11)9-8(6)5(3-12)4-13-9/h1-2,4H. The highest BCUT2D eigenvalue weighted by molar-refractivity contribution is 9.10. The van der Waals surface area contributed by atoms with Gasteiger partial charge in [0.05, 0.1) is 10.3 Å². The smallest absolute Gasteiger partial charge is 0.141 e. The summed E-state index contributed by atoms with van der Waals surface area (Å²) < 4.78 is 14.5. The fourth-order valence-electron chi connectivity index (χ4n) is 1.16. The van der Waals surface area contributed by atoms with E-state index in [2.05, 4.69) is 15.9 Å².